The first-order chi connectivity index (χ1) is 18.8. The molecule has 1 saturated carbocycles. The second kappa shape index (κ2) is 13.9. The minimum atomic E-state index is -4.76. The summed E-state index contributed by atoms with van der Waals surface area (Å²) in [6.45, 7) is 5.36. The Morgan fingerprint density at radius 1 is 0.897 bits per heavy atom. The summed E-state index contributed by atoms with van der Waals surface area (Å²) in [4.78, 5) is 0. The fourth-order valence-electron chi connectivity index (χ4n) is 6.16. The Bertz CT molecular complexity index is 1020. The van der Waals surface area contributed by atoms with E-state index in [1.807, 2.05) is 13.8 Å². The molecule has 2 unspecified atom stereocenters. The fourth-order valence-corrected chi connectivity index (χ4v) is 6.16. The van der Waals surface area contributed by atoms with Gasteiger partial charge in [-0.15, -0.1) is 0 Å². The highest BCUT2D eigenvalue weighted by Crippen LogP contribution is 2.42. The van der Waals surface area contributed by atoms with E-state index in [4.69, 9.17) is 14.2 Å². The van der Waals surface area contributed by atoms with E-state index >= 15 is 0 Å². The molecule has 216 valence electrons. The molecule has 1 saturated heterocycles. The van der Waals surface area contributed by atoms with Crippen LogP contribution in [0.2, 0.25) is 0 Å². The number of rotatable bonds is 11. The molecule has 4 rings (SSSR count). The van der Waals surface area contributed by atoms with Gasteiger partial charge in [-0.2, -0.15) is 13.2 Å². The van der Waals surface area contributed by atoms with Crippen molar-refractivity contribution < 1.29 is 31.8 Å². The third kappa shape index (κ3) is 7.90. The molecule has 2 aliphatic rings. The number of unbranched alkanes of at least 4 members (excludes halogenated alkanes) is 1. The Morgan fingerprint density at radius 3 is 2.26 bits per heavy atom. The van der Waals surface area contributed by atoms with E-state index in [1.165, 1.54) is 17.7 Å². The number of alkyl halides is 3. The average molecular weight is 551 g/mol. The summed E-state index contributed by atoms with van der Waals surface area (Å²) in [6.07, 6.45) is 4.10. The van der Waals surface area contributed by atoms with E-state index in [2.05, 4.69) is 24.3 Å². The summed E-state index contributed by atoms with van der Waals surface area (Å²) in [7, 11) is 0. The van der Waals surface area contributed by atoms with Crippen LogP contribution in [0.15, 0.2) is 36.4 Å². The van der Waals surface area contributed by atoms with Crippen LogP contribution in [0.1, 0.15) is 94.2 Å². The van der Waals surface area contributed by atoms with Crippen LogP contribution in [0, 0.1) is 17.7 Å². The molecule has 0 amide bonds. The molecule has 3 nitrogen and oxygen atoms in total. The predicted octanol–water partition coefficient (Wildman–Crippen LogP) is 9.12. The van der Waals surface area contributed by atoms with E-state index in [0.717, 1.165) is 50.7 Å². The van der Waals surface area contributed by atoms with E-state index in [1.54, 1.807) is 0 Å². The smallest absolute Gasteiger partial charge is 0.419 e. The molecular formula is C32H42F4O3. The van der Waals surface area contributed by atoms with Crippen molar-refractivity contribution in [2.24, 2.45) is 11.8 Å². The van der Waals surface area contributed by atoms with Crippen molar-refractivity contribution in [1.82, 2.24) is 0 Å². The Labute approximate surface area is 230 Å². The molecule has 0 bridgehead atoms. The van der Waals surface area contributed by atoms with Crippen molar-refractivity contribution in [3.8, 4) is 11.5 Å². The van der Waals surface area contributed by atoms with Gasteiger partial charge in [0.2, 0.25) is 0 Å². The number of benzene rings is 2. The van der Waals surface area contributed by atoms with Crippen molar-refractivity contribution in [1.29, 1.82) is 0 Å². The lowest BCUT2D eigenvalue weighted by atomic mass is 9.75. The Morgan fingerprint density at radius 2 is 1.64 bits per heavy atom. The summed E-state index contributed by atoms with van der Waals surface area (Å²) < 4.78 is 73.2. The molecule has 39 heavy (non-hydrogen) atoms. The van der Waals surface area contributed by atoms with Crippen LogP contribution in [0.5, 0.6) is 11.5 Å². The fraction of sp³-hybridized carbons (Fsp3) is 0.625. The zero-order valence-electron chi connectivity index (χ0n) is 23.2. The molecule has 2 fully saturated rings. The van der Waals surface area contributed by atoms with E-state index < -0.39 is 17.6 Å². The van der Waals surface area contributed by atoms with Gasteiger partial charge in [0, 0.05) is 6.61 Å². The topological polar surface area (TPSA) is 27.7 Å². The lowest BCUT2D eigenvalue weighted by Crippen LogP contribution is -2.34. The van der Waals surface area contributed by atoms with Gasteiger partial charge in [-0.05, 0) is 112 Å². The lowest BCUT2D eigenvalue weighted by molar-refractivity contribution is -0.140. The van der Waals surface area contributed by atoms with E-state index in [-0.39, 0.29) is 36.4 Å². The van der Waals surface area contributed by atoms with Crippen molar-refractivity contribution in [3.63, 3.8) is 0 Å². The molecule has 0 spiro atoms. The molecular weight excluding hydrogens is 508 g/mol. The number of aryl methyl sites for hydroxylation is 1. The van der Waals surface area contributed by atoms with Gasteiger partial charge < -0.3 is 14.2 Å². The summed E-state index contributed by atoms with van der Waals surface area (Å²) >= 11 is 0. The Hall–Kier alpha value is -2.28. The molecule has 0 aromatic heterocycles. The van der Waals surface area contributed by atoms with Crippen molar-refractivity contribution >= 4 is 0 Å². The average Bonchev–Trinajstić information content (AvgIpc) is 2.93. The maximum Gasteiger partial charge on any atom is 0.419 e. The molecule has 2 atom stereocenters. The van der Waals surface area contributed by atoms with Crippen LogP contribution < -0.4 is 9.47 Å². The quantitative estimate of drug-likeness (QED) is 0.206. The van der Waals surface area contributed by atoms with Crippen LogP contribution in [0.3, 0.4) is 0 Å². The van der Waals surface area contributed by atoms with Crippen molar-refractivity contribution in [2.45, 2.75) is 96.3 Å². The normalized spacial score (nSPS) is 23.9. The predicted molar refractivity (Wildman–Crippen MR) is 145 cm³/mol. The van der Waals surface area contributed by atoms with Crippen molar-refractivity contribution in [2.75, 3.05) is 19.8 Å². The maximum atomic E-state index is 14.8. The first-order valence-electron chi connectivity index (χ1n) is 14.7. The lowest BCUT2D eigenvalue weighted by Gasteiger charge is -2.38. The SMILES string of the molecule is CCCCOc1ccc(CCC2CCC(C3CCC(c4ccc(OCC)cc4)CC3)OC2)c(C(F)(F)F)c1F. The zero-order valence-corrected chi connectivity index (χ0v) is 23.2. The second-order valence-electron chi connectivity index (χ2n) is 11.1. The minimum Gasteiger partial charge on any atom is -0.494 e. The van der Waals surface area contributed by atoms with Crippen LogP contribution in [0.4, 0.5) is 17.6 Å². The van der Waals surface area contributed by atoms with Gasteiger partial charge in [-0.3, -0.25) is 0 Å². The molecule has 2 aromatic rings. The van der Waals surface area contributed by atoms with Crippen LogP contribution in [-0.2, 0) is 17.3 Å². The zero-order chi connectivity index (χ0) is 27.8. The molecule has 2 aromatic carbocycles. The number of halogens is 4. The van der Waals surface area contributed by atoms with E-state index in [0.29, 0.717) is 37.9 Å². The summed E-state index contributed by atoms with van der Waals surface area (Å²) in [5.74, 6) is 0.591. The molecule has 1 aliphatic heterocycles. The van der Waals surface area contributed by atoms with Gasteiger partial charge >= 0.3 is 6.18 Å². The molecule has 0 radical (unpaired) electrons. The van der Waals surface area contributed by atoms with Gasteiger partial charge in [0.1, 0.15) is 5.75 Å². The second-order valence-corrected chi connectivity index (χ2v) is 11.1. The minimum absolute atomic E-state index is 0.00224. The van der Waals surface area contributed by atoms with E-state index in [9.17, 15) is 17.6 Å². The molecule has 0 N–H and O–H groups in total. The van der Waals surface area contributed by atoms with Gasteiger partial charge in [0.05, 0.1) is 24.9 Å². The monoisotopic (exact) mass is 550 g/mol. The first-order valence-corrected chi connectivity index (χ1v) is 14.7. The highest BCUT2D eigenvalue weighted by Gasteiger charge is 2.39. The highest BCUT2D eigenvalue weighted by molar-refractivity contribution is 5.40. The third-order valence-electron chi connectivity index (χ3n) is 8.42. The van der Waals surface area contributed by atoms with Crippen LogP contribution >= 0.6 is 0 Å². The van der Waals surface area contributed by atoms with Gasteiger partial charge in [0.15, 0.2) is 11.6 Å². The Balaban J connectivity index is 1.25. The Kier molecular flexibility index (Phi) is 10.6. The highest BCUT2D eigenvalue weighted by atomic mass is 19.4. The standard InChI is InChI=1S/C32H42F4O3/c1-3-5-20-38-29-19-15-26(30(31(29)33)32(34,35)36)8-6-22-7-18-28(39-21-22)25-11-9-23(10-12-25)24-13-16-27(17-14-24)37-4-2/h13-17,19,22-23,25,28H,3-12,18,20-21H2,1-2H3. The summed E-state index contributed by atoms with van der Waals surface area (Å²) in [6, 6.07) is 11.2. The van der Waals surface area contributed by atoms with Crippen molar-refractivity contribution in [3.05, 3.63) is 58.9 Å². The molecule has 1 heterocycles. The third-order valence-corrected chi connectivity index (χ3v) is 8.42. The number of hydrogen-bond donors (Lipinski definition) is 0. The van der Waals surface area contributed by atoms with Crippen LogP contribution in [0.25, 0.3) is 0 Å². The largest absolute Gasteiger partial charge is 0.494 e. The van der Waals surface area contributed by atoms with Crippen LogP contribution in [-0.4, -0.2) is 25.9 Å². The molecule has 1 aliphatic carbocycles. The summed E-state index contributed by atoms with van der Waals surface area (Å²) in [5, 5.41) is 0. The maximum absolute atomic E-state index is 14.8. The van der Waals surface area contributed by atoms with Gasteiger partial charge in [-0.25, -0.2) is 4.39 Å². The van der Waals surface area contributed by atoms with Gasteiger partial charge in [0.25, 0.3) is 0 Å². The number of ether oxygens (including phenoxy) is 3. The summed E-state index contributed by atoms with van der Waals surface area (Å²) in [5.41, 5.74) is 0.185. The van der Waals surface area contributed by atoms with Gasteiger partial charge in [-0.1, -0.05) is 31.5 Å². The molecule has 7 heteroatoms. The number of hydrogen-bond acceptors (Lipinski definition) is 3. The first kappa shape index (κ1) is 29.7.